The van der Waals surface area contributed by atoms with E-state index >= 15 is 0 Å². The third-order valence-electron chi connectivity index (χ3n) is 26.4. The summed E-state index contributed by atoms with van der Waals surface area (Å²) in [5.74, 6) is -2.38. The number of esters is 7. The molecular weight excluding hydrogens is 1720 g/mol. The Kier molecular flexibility index (Phi) is 96.4. The third-order valence-corrected chi connectivity index (χ3v) is 26.4. The highest BCUT2D eigenvalue weighted by atomic mass is 16.6. The Morgan fingerprint density at radius 2 is 0.500 bits per heavy atom. The standard InChI is InChI=1S/C121H211NO15.H3N/c1-10-16-22-28-31-34-37-40-43-46-49-52-64-73-85-98-113(123)132-108(92-79-25-19-13-4)95-82-70-61-55-58-67-76-88-101-116(126)135-111-106-121(130-9,120(129)131-105-91-104-122(7)8)107-112(136-117(127)102-89-77-68-59-56-62-71-83-96-109(93-80-26-20-14-5)133-114(124)99-86-74-65-53-50-47-44-41-38-35-32-29-23-17-11-2)119(111)137-118(128)103-90-78-69-60-57-63-72-84-97-110(94-81-27-21-15-6)134-115(125)100-87-75-66-54-51-48-45-42-39-36-33-30-24-18-12-3;/h31-36,40-45,70-72,82-84,108-112,119H,10-30,37-39,46-69,73-81,85-107H2,1-9H3;1H3/b34-31-,35-32-,36-33-,43-40-,44-41-,45-42-,82-70-,83-71-,84-72-;/t108?,109?,110?,111-,112-,119?,121?;/m1./s1. The summed E-state index contributed by atoms with van der Waals surface area (Å²) in [6.45, 7) is 14.2. The molecule has 0 saturated heterocycles. The molecule has 0 aromatic carbocycles. The molecule has 0 aromatic rings. The first kappa shape index (κ1) is 132. The minimum atomic E-state index is -1.68. The van der Waals surface area contributed by atoms with Gasteiger partial charge in [-0.15, -0.1) is 0 Å². The van der Waals surface area contributed by atoms with E-state index in [1.165, 1.54) is 142 Å². The van der Waals surface area contributed by atoms with Gasteiger partial charge in [-0.25, -0.2) is 4.79 Å². The van der Waals surface area contributed by atoms with Crippen LogP contribution in [0.15, 0.2) is 109 Å². The van der Waals surface area contributed by atoms with Gasteiger partial charge < -0.3 is 48.9 Å². The molecule has 0 radical (unpaired) electrons. The Bertz CT molecular complexity index is 2980. The van der Waals surface area contributed by atoms with Crippen molar-refractivity contribution in [3.8, 4) is 0 Å². The van der Waals surface area contributed by atoms with Crippen LogP contribution in [-0.2, 0) is 71.5 Å². The monoisotopic (exact) mass is 1940 g/mol. The molecule has 0 amide bonds. The van der Waals surface area contributed by atoms with Gasteiger partial charge in [-0.2, -0.15) is 0 Å². The molecular formula is C121H214N2O15. The summed E-state index contributed by atoms with van der Waals surface area (Å²) in [4.78, 5) is 98.3. The van der Waals surface area contributed by atoms with Crippen molar-refractivity contribution in [3.05, 3.63) is 109 Å². The van der Waals surface area contributed by atoms with E-state index in [4.69, 9.17) is 37.9 Å². The lowest BCUT2D eigenvalue weighted by Crippen LogP contribution is -2.60. The molecule has 0 spiro atoms. The van der Waals surface area contributed by atoms with Crippen LogP contribution in [0.5, 0.6) is 0 Å². The normalized spacial score (nSPS) is 16.0. The van der Waals surface area contributed by atoms with Gasteiger partial charge in [0, 0.05) is 84.3 Å². The van der Waals surface area contributed by atoms with Gasteiger partial charge in [0.1, 0.15) is 30.5 Å². The number of carbonyl (C=O) groups excluding carboxylic acids is 7. The molecule has 5 atom stereocenters. The molecule has 798 valence electrons. The maximum atomic E-state index is 14.5. The summed E-state index contributed by atoms with van der Waals surface area (Å²) < 4.78 is 49.4. The van der Waals surface area contributed by atoms with E-state index in [9.17, 15) is 33.6 Å². The van der Waals surface area contributed by atoms with Crippen LogP contribution in [0.1, 0.15) is 542 Å². The van der Waals surface area contributed by atoms with Crippen molar-refractivity contribution < 1.29 is 71.5 Å². The van der Waals surface area contributed by atoms with E-state index in [2.05, 4.69) is 151 Å². The van der Waals surface area contributed by atoms with Crippen LogP contribution >= 0.6 is 0 Å². The maximum absolute atomic E-state index is 14.5. The number of unbranched alkanes of at least 4 members (excludes halogenated alkanes) is 48. The van der Waals surface area contributed by atoms with Gasteiger partial charge in [0.2, 0.25) is 0 Å². The van der Waals surface area contributed by atoms with Gasteiger partial charge in [0.15, 0.2) is 11.7 Å². The molecule has 1 saturated carbocycles. The summed E-state index contributed by atoms with van der Waals surface area (Å²) in [6.07, 6.45) is 111. The van der Waals surface area contributed by atoms with Crippen molar-refractivity contribution in [3.63, 3.8) is 0 Å². The highest BCUT2D eigenvalue weighted by molar-refractivity contribution is 5.81. The van der Waals surface area contributed by atoms with Gasteiger partial charge in [-0.05, 0) is 232 Å². The summed E-state index contributed by atoms with van der Waals surface area (Å²) in [6, 6.07) is 0. The molecule has 0 heterocycles. The molecule has 0 aliphatic heterocycles. The first-order chi connectivity index (χ1) is 67.1. The van der Waals surface area contributed by atoms with Crippen molar-refractivity contribution >= 4 is 41.8 Å². The van der Waals surface area contributed by atoms with Gasteiger partial charge in [-0.3, -0.25) is 28.8 Å². The van der Waals surface area contributed by atoms with E-state index in [0.717, 1.165) is 289 Å². The third kappa shape index (κ3) is 84.4. The van der Waals surface area contributed by atoms with Crippen LogP contribution in [0.2, 0.25) is 0 Å². The second-order valence-electron chi connectivity index (χ2n) is 39.8. The Morgan fingerprint density at radius 3 is 0.761 bits per heavy atom. The highest BCUT2D eigenvalue weighted by Crippen LogP contribution is 2.39. The Morgan fingerprint density at radius 1 is 0.275 bits per heavy atom. The van der Waals surface area contributed by atoms with Crippen LogP contribution in [0, 0.1) is 0 Å². The van der Waals surface area contributed by atoms with Crippen LogP contribution in [0.4, 0.5) is 0 Å². The lowest BCUT2D eigenvalue weighted by Gasteiger charge is -2.44. The fraction of sp³-hybridized carbons (Fsp3) is 0.793. The largest absolute Gasteiger partial charge is 0.464 e. The van der Waals surface area contributed by atoms with Gasteiger partial charge >= 0.3 is 41.8 Å². The average Bonchev–Trinajstić information content (AvgIpc) is 0.767. The summed E-state index contributed by atoms with van der Waals surface area (Å²) in [7, 11) is 5.33. The van der Waals surface area contributed by atoms with Crippen molar-refractivity contribution in [2.45, 2.75) is 585 Å². The molecule has 17 nitrogen and oxygen atoms in total. The summed E-state index contributed by atoms with van der Waals surface area (Å²) >= 11 is 0. The van der Waals surface area contributed by atoms with E-state index in [0.29, 0.717) is 51.5 Å². The predicted molar refractivity (Wildman–Crippen MR) is 580 cm³/mol. The zero-order valence-electron chi connectivity index (χ0n) is 90.7. The van der Waals surface area contributed by atoms with Crippen molar-refractivity contribution in [1.82, 2.24) is 11.1 Å². The van der Waals surface area contributed by atoms with E-state index in [1.54, 1.807) is 0 Å². The molecule has 0 bridgehead atoms. The number of hydrogen-bond donors (Lipinski definition) is 1. The maximum Gasteiger partial charge on any atom is 0.338 e. The quantitative estimate of drug-likeness (QED) is 0.0258. The van der Waals surface area contributed by atoms with Crippen LogP contribution in [-0.4, -0.2) is 123 Å². The van der Waals surface area contributed by atoms with Crippen LogP contribution < -0.4 is 6.15 Å². The lowest BCUT2D eigenvalue weighted by atomic mass is 9.78. The van der Waals surface area contributed by atoms with Gasteiger partial charge in [0.25, 0.3) is 0 Å². The number of carbonyl (C=O) groups is 7. The topological polar surface area (TPSA) is 232 Å². The summed E-state index contributed by atoms with van der Waals surface area (Å²) in [5, 5.41) is 0. The number of methoxy groups -OCH3 is 1. The molecule has 17 heteroatoms. The SMILES string of the molecule is CCCCC/C=C\C/C=C\CCCCCCCC(=O)OC(C/C=C\CCCCCCCC(=O)OC1[C@H](OC(=O)CCCCCCC/C=C\CC(CCCCCC)OC(=O)CCCCCCC/C=C\C/C=C\CCCCC)CC(OC)(C(=O)OCCCN(C)C)C[C@H]1OC(=O)CCCCCCC/C=C\CC(CCCCCC)OC(=O)CCCCCCC/C=C\C/C=C\CCCCC)CCCCCC.N. The van der Waals surface area contributed by atoms with Crippen molar-refractivity contribution in [1.29, 1.82) is 0 Å². The van der Waals surface area contributed by atoms with Gasteiger partial charge in [0.05, 0.1) is 6.61 Å². The van der Waals surface area contributed by atoms with E-state index in [1.807, 2.05) is 19.0 Å². The number of allylic oxidation sites excluding steroid dienone is 15. The Balaban J connectivity index is 0.000188. The van der Waals surface area contributed by atoms with Gasteiger partial charge in [-0.1, -0.05) is 363 Å². The minimum Gasteiger partial charge on any atom is -0.464 e. The molecule has 3 N–H and O–H groups in total. The minimum absolute atomic E-state index is 0. The molecule has 1 fully saturated rings. The smallest absolute Gasteiger partial charge is 0.338 e. The zero-order valence-corrected chi connectivity index (χ0v) is 90.7. The second kappa shape index (κ2) is 101. The predicted octanol–water partition coefficient (Wildman–Crippen LogP) is 34.7. The van der Waals surface area contributed by atoms with Crippen LogP contribution in [0.3, 0.4) is 0 Å². The number of nitrogens with zero attached hydrogens (tertiary/aromatic N) is 1. The van der Waals surface area contributed by atoms with Crippen molar-refractivity contribution in [2.24, 2.45) is 0 Å². The lowest BCUT2D eigenvalue weighted by molar-refractivity contribution is -0.221. The molecule has 1 aliphatic rings. The first-order valence-corrected chi connectivity index (χ1v) is 57.5. The fourth-order valence-corrected chi connectivity index (χ4v) is 17.7. The molecule has 1 rings (SSSR count). The highest BCUT2D eigenvalue weighted by Gasteiger charge is 2.56. The van der Waals surface area contributed by atoms with Crippen LogP contribution in [0.25, 0.3) is 0 Å². The molecule has 3 unspecified atom stereocenters. The zero-order chi connectivity index (χ0) is 99.5. The number of ether oxygens (including phenoxy) is 8. The van der Waals surface area contributed by atoms with E-state index in [-0.39, 0.29) is 81.1 Å². The van der Waals surface area contributed by atoms with Crippen molar-refractivity contribution in [2.75, 3.05) is 34.4 Å². The average molecular weight is 1940 g/mol. The first-order valence-electron chi connectivity index (χ1n) is 57.5. The fourth-order valence-electron chi connectivity index (χ4n) is 17.7. The van der Waals surface area contributed by atoms with E-state index < -0.39 is 47.8 Å². The summed E-state index contributed by atoms with van der Waals surface area (Å²) in [5.41, 5.74) is -1.68. The molecule has 0 aromatic heterocycles. The second-order valence-corrected chi connectivity index (χ2v) is 39.8. The molecule has 138 heavy (non-hydrogen) atoms. The Labute approximate surface area is 847 Å². The Hall–Kier alpha value is -6.17. The number of hydrogen-bond acceptors (Lipinski definition) is 17. The molecule has 1 aliphatic carbocycles. The number of rotatable bonds is 99.